The van der Waals surface area contributed by atoms with Crippen molar-refractivity contribution >= 4 is 17.1 Å². The number of H-pyrrole nitrogens is 1. The van der Waals surface area contributed by atoms with E-state index in [0.29, 0.717) is 28.1 Å². The highest BCUT2D eigenvalue weighted by molar-refractivity contribution is 6.03. The fourth-order valence-corrected chi connectivity index (χ4v) is 2.75. The molecule has 0 saturated heterocycles. The molecule has 0 aliphatic heterocycles. The fraction of sp³-hybridized carbons (Fsp3) is 0.500. The van der Waals surface area contributed by atoms with E-state index >= 15 is 0 Å². The summed E-state index contributed by atoms with van der Waals surface area (Å²) in [5.74, 6) is 0.607. The molecule has 0 radical (unpaired) electrons. The van der Waals surface area contributed by atoms with Crippen LogP contribution in [0.3, 0.4) is 0 Å². The SMILES string of the molecule is O=C(NC[C@@H]1CC12CC2)c1ccnc2n[nH]nc12. The Labute approximate surface area is 103 Å². The van der Waals surface area contributed by atoms with Crippen molar-refractivity contribution in [2.24, 2.45) is 11.3 Å². The molecule has 2 fully saturated rings. The number of aromatic nitrogens is 4. The van der Waals surface area contributed by atoms with Gasteiger partial charge in [-0.2, -0.15) is 10.3 Å². The summed E-state index contributed by atoms with van der Waals surface area (Å²) in [6.45, 7) is 0.778. The van der Waals surface area contributed by atoms with Gasteiger partial charge in [-0.3, -0.25) is 4.79 Å². The molecule has 0 aromatic carbocycles. The van der Waals surface area contributed by atoms with Gasteiger partial charge in [-0.25, -0.2) is 4.98 Å². The highest BCUT2D eigenvalue weighted by Crippen LogP contribution is 2.70. The molecule has 6 heteroatoms. The number of pyridine rings is 1. The molecule has 2 aromatic heterocycles. The minimum Gasteiger partial charge on any atom is -0.352 e. The van der Waals surface area contributed by atoms with Crippen molar-refractivity contribution in [3.8, 4) is 0 Å². The van der Waals surface area contributed by atoms with Gasteiger partial charge in [-0.05, 0) is 36.7 Å². The Morgan fingerprint density at radius 1 is 1.50 bits per heavy atom. The Morgan fingerprint density at radius 3 is 3.17 bits per heavy atom. The largest absolute Gasteiger partial charge is 0.352 e. The average molecular weight is 243 g/mol. The van der Waals surface area contributed by atoms with Crippen molar-refractivity contribution < 1.29 is 4.79 Å². The molecule has 2 aliphatic carbocycles. The Hall–Kier alpha value is -1.98. The van der Waals surface area contributed by atoms with Gasteiger partial charge in [-0.1, -0.05) is 0 Å². The summed E-state index contributed by atoms with van der Waals surface area (Å²) in [5, 5.41) is 13.3. The molecule has 1 atom stereocenters. The van der Waals surface area contributed by atoms with Crippen LogP contribution in [0.15, 0.2) is 12.3 Å². The Kier molecular flexibility index (Phi) is 1.82. The van der Waals surface area contributed by atoms with Crippen molar-refractivity contribution in [1.82, 2.24) is 25.7 Å². The predicted molar refractivity (Wildman–Crippen MR) is 63.8 cm³/mol. The maximum absolute atomic E-state index is 12.1. The van der Waals surface area contributed by atoms with Gasteiger partial charge in [0, 0.05) is 12.7 Å². The summed E-state index contributed by atoms with van der Waals surface area (Å²) in [7, 11) is 0. The van der Waals surface area contributed by atoms with Crippen LogP contribution >= 0.6 is 0 Å². The first-order valence-corrected chi connectivity index (χ1v) is 6.22. The van der Waals surface area contributed by atoms with Gasteiger partial charge < -0.3 is 5.32 Å². The van der Waals surface area contributed by atoms with Gasteiger partial charge in [-0.15, -0.1) is 5.10 Å². The highest BCUT2D eigenvalue weighted by Gasteiger charge is 2.62. The van der Waals surface area contributed by atoms with Crippen LogP contribution < -0.4 is 5.32 Å². The fourth-order valence-electron chi connectivity index (χ4n) is 2.75. The van der Waals surface area contributed by atoms with Gasteiger partial charge in [0.15, 0.2) is 0 Å². The third kappa shape index (κ3) is 1.41. The van der Waals surface area contributed by atoms with Crippen LogP contribution in [0.5, 0.6) is 0 Å². The third-order valence-corrected chi connectivity index (χ3v) is 4.23. The van der Waals surface area contributed by atoms with E-state index in [1.807, 2.05) is 0 Å². The van der Waals surface area contributed by atoms with Crippen LogP contribution in [0.2, 0.25) is 0 Å². The summed E-state index contributed by atoms with van der Waals surface area (Å²) in [6, 6.07) is 1.68. The summed E-state index contributed by atoms with van der Waals surface area (Å²) in [6.07, 6.45) is 5.55. The molecule has 2 aromatic rings. The lowest BCUT2D eigenvalue weighted by Gasteiger charge is -2.04. The minimum atomic E-state index is -0.0843. The lowest BCUT2D eigenvalue weighted by Crippen LogP contribution is -2.26. The van der Waals surface area contributed by atoms with Gasteiger partial charge in [0.1, 0.15) is 5.52 Å². The number of carbonyl (C=O) groups is 1. The van der Waals surface area contributed by atoms with Crippen molar-refractivity contribution in [3.63, 3.8) is 0 Å². The summed E-state index contributed by atoms with van der Waals surface area (Å²) in [4.78, 5) is 16.1. The van der Waals surface area contributed by atoms with E-state index < -0.39 is 0 Å². The van der Waals surface area contributed by atoms with Crippen molar-refractivity contribution in [2.45, 2.75) is 19.3 Å². The molecule has 4 rings (SSSR count). The Balaban J connectivity index is 1.51. The van der Waals surface area contributed by atoms with Crippen molar-refractivity contribution in [1.29, 1.82) is 0 Å². The van der Waals surface area contributed by atoms with E-state index in [9.17, 15) is 4.79 Å². The quantitative estimate of drug-likeness (QED) is 0.838. The highest BCUT2D eigenvalue weighted by atomic mass is 16.1. The monoisotopic (exact) mass is 243 g/mol. The van der Waals surface area contributed by atoms with E-state index in [4.69, 9.17) is 0 Å². The molecule has 2 N–H and O–H groups in total. The number of carbonyl (C=O) groups excluding carboxylic acids is 1. The maximum Gasteiger partial charge on any atom is 0.253 e. The van der Waals surface area contributed by atoms with Crippen LogP contribution in [0.4, 0.5) is 0 Å². The number of rotatable bonds is 3. The molecule has 0 bridgehead atoms. The van der Waals surface area contributed by atoms with Crippen LogP contribution in [0.1, 0.15) is 29.6 Å². The molecule has 1 spiro atoms. The Bertz CT molecular complexity index is 630. The molecule has 1 amide bonds. The molecule has 2 saturated carbocycles. The number of nitrogens with zero attached hydrogens (tertiary/aromatic N) is 3. The second-order valence-corrected chi connectivity index (χ2v) is 5.33. The summed E-state index contributed by atoms with van der Waals surface area (Å²) < 4.78 is 0. The topological polar surface area (TPSA) is 83.6 Å². The first-order chi connectivity index (χ1) is 8.78. The lowest BCUT2D eigenvalue weighted by molar-refractivity contribution is 0.0952. The van der Waals surface area contributed by atoms with E-state index in [2.05, 4.69) is 25.7 Å². The predicted octanol–water partition coefficient (Wildman–Crippen LogP) is 0.883. The zero-order chi connectivity index (χ0) is 12.2. The number of amides is 1. The van der Waals surface area contributed by atoms with Gasteiger partial charge >= 0.3 is 0 Å². The summed E-state index contributed by atoms with van der Waals surface area (Å²) >= 11 is 0. The van der Waals surface area contributed by atoms with Crippen LogP contribution in [0.25, 0.3) is 11.2 Å². The zero-order valence-corrected chi connectivity index (χ0v) is 9.81. The van der Waals surface area contributed by atoms with Gasteiger partial charge in [0.2, 0.25) is 5.65 Å². The van der Waals surface area contributed by atoms with Crippen LogP contribution in [-0.2, 0) is 0 Å². The second kappa shape index (κ2) is 3.28. The van der Waals surface area contributed by atoms with Crippen LogP contribution in [-0.4, -0.2) is 32.8 Å². The van der Waals surface area contributed by atoms with E-state index in [0.717, 1.165) is 6.54 Å². The lowest BCUT2D eigenvalue weighted by atomic mass is 10.2. The average Bonchev–Trinajstić information content (AvgIpc) is 3.26. The first-order valence-electron chi connectivity index (χ1n) is 6.22. The molecule has 92 valence electrons. The summed E-state index contributed by atoms with van der Waals surface area (Å²) in [5.41, 5.74) is 2.17. The van der Waals surface area contributed by atoms with Gasteiger partial charge in [0.25, 0.3) is 5.91 Å². The van der Waals surface area contributed by atoms with Crippen LogP contribution in [0, 0.1) is 11.3 Å². The van der Waals surface area contributed by atoms with Crippen molar-refractivity contribution in [3.05, 3.63) is 17.8 Å². The van der Waals surface area contributed by atoms with E-state index in [1.54, 1.807) is 12.3 Å². The molecule has 2 aliphatic rings. The van der Waals surface area contributed by atoms with Crippen molar-refractivity contribution in [2.75, 3.05) is 6.54 Å². The first kappa shape index (κ1) is 9.99. The third-order valence-electron chi connectivity index (χ3n) is 4.23. The molecule has 0 unspecified atom stereocenters. The smallest absolute Gasteiger partial charge is 0.253 e. The Morgan fingerprint density at radius 2 is 2.39 bits per heavy atom. The van der Waals surface area contributed by atoms with E-state index in [1.165, 1.54) is 19.3 Å². The zero-order valence-electron chi connectivity index (χ0n) is 9.81. The molecule has 6 nitrogen and oxygen atoms in total. The van der Waals surface area contributed by atoms with E-state index in [-0.39, 0.29) is 5.91 Å². The standard InChI is InChI=1S/C12H13N5O/c18-11(14-6-7-5-12(7)2-3-12)8-1-4-13-10-9(8)15-17-16-10/h1,4,7H,2-3,5-6H2,(H,14,18)(H,13,15,16,17)/t7-/m0/s1. The number of fused-ring (bicyclic) bond motifs is 1. The molecular formula is C12H13N5O. The number of hydrogen-bond acceptors (Lipinski definition) is 4. The molecular weight excluding hydrogens is 230 g/mol. The number of hydrogen-bond donors (Lipinski definition) is 2. The molecule has 18 heavy (non-hydrogen) atoms. The normalized spacial score (nSPS) is 23.2. The number of aromatic amines is 1. The second-order valence-electron chi connectivity index (χ2n) is 5.33. The van der Waals surface area contributed by atoms with Gasteiger partial charge in [0.05, 0.1) is 5.56 Å². The number of nitrogens with one attached hydrogen (secondary N) is 2. The maximum atomic E-state index is 12.1. The molecule has 2 heterocycles. The minimum absolute atomic E-state index is 0.0843.